The topological polar surface area (TPSA) is 100 Å². The second-order valence-corrected chi connectivity index (χ2v) is 7.05. The SMILES string of the molecule is CCn1c(CC2CCNCC2)nn(Cc2noc(C3CCCO3)n2)c1=O.Cl.Cl. The standard InChI is InChI=1S/C17H26N6O3.2ClH/c1-2-22-15(10-12-5-7-18-8-6-12)20-23(17(22)24)11-14-19-16(26-21-14)13-4-3-9-25-13;;/h12-13,18H,2-11H2,1H3;2*1H. The fourth-order valence-electron chi connectivity index (χ4n) is 3.77. The summed E-state index contributed by atoms with van der Waals surface area (Å²) in [7, 11) is 0. The normalized spacial score (nSPS) is 20.0. The molecule has 4 rings (SSSR count). The molecule has 2 aliphatic rings. The van der Waals surface area contributed by atoms with E-state index in [4.69, 9.17) is 9.26 Å². The highest BCUT2D eigenvalue weighted by Gasteiger charge is 2.25. The van der Waals surface area contributed by atoms with Gasteiger partial charge in [0.05, 0.1) is 0 Å². The first-order valence-electron chi connectivity index (χ1n) is 9.56. The Morgan fingerprint density at radius 2 is 2.00 bits per heavy atom. The van der Waals surface area contributed by atoms with Crippen molar-refractivity contribution < 1.29 is 9.26 Å². The van der Waals surface area contributed by atoms with Gasteiger partial charge in [-0.2, -0.15) is 10.1 Å². The number of piperidine rings is 1. The number of aromatic nitrogens is 5. The molecule has 0 amide bonds. The molecule has 1 atom stereocenters. The van der Waals surface area contributed by atoms with Crippen LogP contribution in [0.15, 0.2) is 9.32 Å². The van der Waals surface area contributed by atoms with E-state index in [1.54, 1.807) is 4.57 Å². The Labute approximate surface area is 176 Å². The van der Waals surface area contributed by atoms with Crippen LogP contribution >= 0.6 is 24.8 Å². The molecule has 0 spiro atoms. The van der Waals surface area contributed by atoms with Gasteiger partial charge in [0.1, 0.15) is 18.5 Å². The molecule has 2 aromatic rings. The summed E-state index contributed by atoms with van der Waals surface area (Å²) in [6.45, 7) is 5.62. The smallest absolute Gasteiger partial charge is 0.346 e. The number of ether oxygens (including phenoxy) is 1. The molecule has 0 saturated carbocycles. The monoisotopic (exact) mass is 434 g/mol. The van der Waals surface area contributed by atoms with Crippen molar-refractivity contribution in [3.05, 3.63) is 28.0 Å². The minimum atomic E-state index is -0.114. The Kier molecular flexibility index (Phi) is 8.48. The number of nitrogens with one attached hydrogen (secondary N) is 1. The van der Waals surface area contributed by atoms with Crippen LogP contribution in [0, 0.1) is 5.92 Å². The van der Waals surface area contributed by atoms with Crippen molar-refractivity contribution in [3.8, 4) is 0 Å². The number of nitrogens with zero attached hydrogens (tertiary/aromatic N) is 5. The zero-order chi connectivity index (χ0) is 17.9. The van der Waals surface area contributed by atoms with Crippen LogP contribution in [0.5, 0.6) is 0 Å². The van der Waals surface area contributed by atoms with Crippen LogP contribution in [0.1, 0.15) is 56.3 Å². The van der Waals surface area contributed by atoms with Crippen molar-refractivity contribution in [2.45, 2.75) is 58.2 Å². The van der Waals surface area contributed by atoms with Crippen molar-refractivity contribution in [1.29, 1.82) is 0 Å². The Morgan fingerprint density at radius 1 is 1.21 bits per heavy atom. The summed E-state index contributed by atoms with van der Waals surface area (Å²) in [5, 5.41) is 11.9. The van der Waals surface area contributed by atoms with Gasteiger partial charge in [0.15, 0.2) is 5.82 Å². The molecule has 2 saturated heterocycles. The van der Waals surface area contributed by atoms with E-state index in [9.17, 15) is 4.79 Å². The fourth-order valence-corrected chi connectivity index (χ4v) is 3.77. The van der Waals surface area contributed by atoms with Crippen molar-refractivity contribution >= 4 is 24.8 Å². The van der Waals surface area contributed by atoms with Gasteiger partial charge < -0.3 is 14.6 Å². The van der Waals surface area contributed by atoms with Crippen LogP contribution in [-0.2, 0) is 24.2 Å². The summed E-state index contributed by atoms with van der Waals surface area (Å²) in [6.07, 6.45) is 4.87. The van der Waals surface area contributed by atoms with Crippen LogP contribution in [-0.4, -0.2) is 44.2 Å². The van der Waals surface area contributed by atoms with Crippen LogP contribution in [0.2, 0.25) is 0 Å². The van der Waals surface area contributed by atoms with E-state index < -0.39 is 0 Å². The molecular weight excluding hydrogens is 407 g/mol. The number of hydrogen-bond donors (Lipinski definition) is 1. The summed E-state index contributed by atoms with van der Waals surface area (Å²) in [5.41, 5.74) is -0.111. The van der Waals surface area contributed by atoms with Gasteiger partial charge in [-0.3, -0.25) is 4.57 Å². The highest BCUT2D eigenvalue weighted by atomic mass is 35.5. The predicted octanol–water partition coefficient (Wildman–Crippen LogP) is 1.73. The summed E-state index contributed by atoms with van der Waals surface area (Å²) < 4.78 is 14.1. The fraction of sp³-hybridized carbons (Fsp3) is 0.765. The van der Waals surface area contributed by atoms with Crippen LogP contribution < -0.4 is 11.0 Å². The summed E-state index contributed by atoms with van der Waals surface area (Å²) in [5.74, 6) is 2.39. The molecule has 0 radical (unpaired) electrons. The molecule has 11 heteroatoms. The van der Waals surface area contributed by atoms with E-state index in [1.807, 2.05) is 6.92 Å². The zero-order valence-corrected chi connectivity index (χ0v) is 17.6. The Bertz CT molecular complexity index is 793. The maximum Gasteiger partial charge on any atom is 0.346 e. The molecule has 4 heterocycles. The zero-order valence-electron chi connectivity index (χ0n) is 16.0. The molecule has 2 aromatic heterocycles. The second kappa shape index (κ2) is 10.4. The molecule has 1 N–H and O–H groups in total. The lowest BCUT2D eigenvalue weighted by Crippen LogP contribution is -2.30. The van der Waals surface area contributed by atoms with E-state index >= 15 is 0 Å². The highest BCUT2D eigenvalue weighted by Crippen LogP contribution is 2.26. The minimum absolute atomic E-state index is 0. The molecule has 9 nitrogen and oxygen atoms in total. The van der Waals surface area contributed by atoms with E-state index in [0.29, 0.717) is 24.2 Å². The summed E-state index contributed by atoms with van der Waals surface area (Å²) in [6, 6.07) is 0. The quantitative estimate of drug-likeness (QED) is 0.738. The molecule has 158 valence electrons. The predicted molar refractivity (Wildman–Crippen MR) is 107 cm³/mol. The van der Waals surface area contributed by atoms with Gasteiger partial charge in [0.25, 0.3) is 5.89 Å². The molecular formula is C17H28Cl2N6O3. The number of rotatable bonds is 6. The Morgan fingerprint density at radius 3 is 2.68 bits per heavy atom. The maximum absolute atomic E-state index is 12.7. The average Bonchev–Trinajstić information content (AvgIpc) is 3.38. The highest BCUT2D eigenvalue weighted by molar-refractivity contribution is 5.85. The number of hydrogen-bond acceptors (Lipinski definition) is 7. The average molecular weight is 435 g/mol. The van der Waals surface area contributed by atoms with Crippen LogP contribution in [0.4, 0.5) is 0 Å². The van der Waals surface area contributed by atoms with Gasteiger partial charge in [0.2, 0.25) is 0 Å². The molecule has 2 aliphatic heterocycles. The van der Waals surface area contributed by atoms with Crippen molar-refractivity contribution in [2.24, 2.45) is 5.92 Å². The molecule has 28 heavy (non-hydrogen) atoms. The third-order valence-electron chi connectivity index (χ3n) is 5.23. The van der Waals surface area contributed by atoms with Gasteiger partial charge in [-0.15, -0.1) is 24.8 Å². The first-order chi connectivity index (χ1) is 12.7. The van der Waals surface area contributed by atoms with Gasteiger partial charge in [-0.25, -0.2) is 9.48 Å². The van der Waals surface area contributed by atoms with Crippen molar-refractivity contribution in [2.75, 3.05) is 19.7 Å². The summed E-state index contributed by atoms with van der Waals surface area (Å²) in [4.78, 5) is 17.1. The summed E-state index contributed by atoms with van der Waals surface area (Å²) >= 11 is 0. The maximum atomic E-state index is 12.7. The molecule has 1 unspecified atom stereocenters. The third-order valence-corrected chi connectivity index (χ3v) is 5.23. The van der Waals surface area contributed by atoms with Gasteiger partial charge in [-0.1, -0.05) is 5.16 Å². The molecule has 0 aromatic carbocycles. The van der Waals surface area contributed by atoms with E-state index in [1.165, 1.54) is 4.68 Å². The van der Waals surface area contributed by atoms with Crippen molar-refractivity contribution in [1.82, 2.24) is 29.8 Å². The van der Waals surface area contributed by atoms with Gasteiger partial charge in [0, 0.05) is 19.6 Å². The third kappa shape index (κ3) is 4.94. The van der Waals surface area contributed by atoms with Gasteiger partial charge in [-0.05, 0) is 51.6 Å². The Balaban J connectivity index is 0.00000140. The second-order valence-electron chi connectivity index (χ2n) is 7.05. The lowest BCUT2D eigenvalue weighted by molar-refractivity contribution is 0.0835. The lowest BCUT2D eigenvalue weighted by Gasteiger charge is -2.21. The van der Waals surface area contributed by atoms with E-state index in [0.717, 1.165) is 57.6 Å². The first kappa shape index (κ1) is 22.9. The van der Waals surface area contributed by atoms with Crippen molar-refractivity contribution in [3.63, 3.8) is 0 Å². The van der Waals surface area contributed by atoms with E-state index in [2.05, 4.69) is 20.6 Å². The molecule has 0 aliphatic carbocycles. The minimum Gasteiger partial charge on any atom is -0.368 e. The van der Waals surface area contributed by atoms with E-state index in [-0.39, 0.29) is 43.2 Å². The van der Waals surface area contributed by atoms with Crippen LogP contribution in [0.25, 0.3) is 0 Å². The molecule has 2 fully saturated rings. The number of halogens is 2. The van der Waals surface area contributed by atoms with Gasteiger partial charge >= 0.3 is 5.69 Å². The molecule has 0 bridgehead atoms. The lowest BCUT2D eigenvalue weighted by atomic mass is 9.94. The first-order valence-corrected chi connectivity index (χ1v) is 9.56. The Hall–Kier alpha value is -1.42. The van der Waals surface area contributed by atoms with Crippen LogP contribution in [0.3, 0.4) is 0 Å². The largest absolute Gasteiger partial charge is 0.368 e.